The summed E-state index contributed by atoms with van der Waals surface area (Å²) in [7, 11) is 2.12. The van der Waals surface area contributed by atoms with Crippen molar-refractivity contribution in [3.05, 3.63) is 76.2 Å². The number of benzene rings is 2. The second-order valence-corrected chi connectivity index (χ2v) is 12.6. The first-order valence-corrected chi connectivity index (χ1v) is 16.0. The van der Waals surface area contributed by atoms with E-state index in [2.05, 4.69) is 34.3 Å². The lowest BCUT2D eigenvalue weighted by atomic mass is 9.99. The van der Waals surface area contributed by atoms with Crippen molar-refractivity contribution >= 4 is 83.4 Å². The fraction of sp³-hybridized carbons (Fsp3) is 0.290. The average molecular weight is 615 g/mol. The van der Waals surface area contributed by atoms with E-state index < -0.39 is 0 Å². The van der Waals surface area contributed by atoms with Crippen LogP contribution in [-0.4, -0.2) is 51.8 Å². The summed E-state index contributed by atoms with van der Waals surface area (Å²) in [4.78, 5) is 39.1. The molecule has 8 nitrogen and oxygen atoms in total. The van der Waals surface area contributed by atoms with E-state index in [9.17, 15) is 9.59 Å². The molecule has 0 saturated carbocycles. The van der Waals surface area contributed by atoms with E-state index in [-0.39, 0.29) is 22.5 Å². The van der Waals surface area contributed by atoms with Crippen molar-refractivity contribution < 1.29 is 9.59 Å². The molecule has 42 heavy (non-hydrogen) atoms. The lowest BCUT2D eigenvalue weighted by Gasteiger charge is -2.37. The normalized spacial score (nSPS) is 17.1. The zero-order chi connectivity index (χ0) is 29.4. The van der Waals surface area contributed by atoms with Gasteiger partial charge in [-0.05, 0) is 79.4 Å². The summed E-state index contributed by atoms with van der Waals surface area (Å²) in [5.41, 5.74) is 5.19. The Morgan fingerprint density at radius 3 is 2.52 bits per heavy atom. The predicted octanol–water partition coefficient (Wildman–Crippen LogP) is 7.50. The molecule has 0 bridgehead atoms. The third-order valence-corrected chi connectivity index (χ3v) is 10.1. The molecule has 2 aliphatic rings. The van der Waals surface area contributed by atoms with Gasteiger partial charge in [0.15, 0.2) is 5.11 Å². The molecule has 2 aromatic carbocycles. The molecule has 4 heterocycles. The summed E-state index contributed by atoms with van der Waals surface area (Å²) in [6, 6.07) is 17.9. The smallest absolute Gasteiger partial charge is 0.266 e. The van der Waals surface area contributed by atoms with E-state index in [0.29, 0.717) is 30.2 Å². The molecule has 1 fully saturated rings. The van der Waals surface area contributed by atoms with E-state index in [1.54, 1.807) is 0 Å². The van der Waals surface area contributed by atoms with Gasteiger partial charge >= 0.3 is 0 Å². The van der Waals surface area contributed by atoms with Crippen LogP contribution in [0.3, 0.4) is 0 Å². The molecule has 6 rings (SSSR count). The monoisotopic (exact) mass is 614 g/mol. The number of amides is 2. The standard InChI is InChI=1S/C31H30N6O2S3/c1-4-22(26-28(38)36(5-2)31(40)37(29(26)39)18-19-10-7-6-8-11-19)24-17-25-27(41-24)32-30(42-25)34-33-21-13-14-23-20(16-21)12-9-15-35(23)3/h6-8,10-11,13-14,16-17H,4-5,9,12,15,18H2,1-3H3/b26-22+,34-33+. The maximum absolute atomic E-state index is 13.8. The highest BCUT2D eigenvalue weighted by molar-refractivity contribution is 7.80. The van der Waals surface area contributed by atoms with Crippen LogP contribution in [0.15, 0.2) is 70.4 Å². The third kappa shape index (κ3) is 5.28. The second-order valence-electron chi connectivity index (χ2n) is 10.2. The largest absolute Gasteiger partial charge is 0.374 e. The van der Waals surface area contributed by atoms with Crippen LogP contribution in [0.5, 0.6) is 0 Å². The summed E-state index contributed by atoms with van der Waals surface area (Å²) in [6.07, 6.45) is 2.70. The molecule has 4 aromatic rings. The number of hydrogen-bond donors (Lipinski definition) is 0. The number of likely N-dealkylation sites (N-methyl/N-ethyl adjacent to an activating group) is 1. The number of anilines is 1. The van der Waals surface area contributed by atoms with E-state index in [0.717, 1.165) is 45.0 Å². The highest BCUT2D eigenvalue weighted by atomic mass is 32.1. The Morgan fingerprint density at radius 2 is 1.79 bits per heavy atom. The molecule has 0 N–H and O–H groups in total. The molecule has 1 saturated heterocycles. The molecule has 0 unspecified atom stereocenters. The van der Waals surface area contributed by atoms with Gasteiger partial charge in [0, 0.05) is 30.7 Å². The van der Waals surface area contributed by atoms with Crippen molar-refractivity contribution in [1.82, 2.24) is 14.8 Å². The fourth-order valence-corrected chi connectivity index (χ4v) is 7.96. The highest BCUT2D eigenvalue weighted by Crippen LogP contribution is 2.40. The first-order chi connectivity index (χ1) is 20.4. The highest BCUT2D eigenvalue weighted by Gasteiger charge is 2.40. The van der Waals surface area contributed by atoms with Crippen molar-refractivity contribution in [1.29, 1.82) is 0 Å². The Morgan fingerprint density at radius 1 is 1.00 bits per heavy atom. The summed E-state index contributed by atoms with van der Waals surface area (Å²) < 4.78 is 0.947. The summed E-state index contributed by atoms with van der Waals surface area (Å²) in [6.45, 7) is 5.59. The number of carbonyl (C=O) groups is 2. The van der Waals surface area contributed by atoms with Gasteiger partial charge in [-0.25, -0.2) is 4.98 Å². The van der Waals surface area contributed by atoms with Crippen LogP contribution in [-0.2, 0) is 22.6 Å². The molecular formula is C31H30N6O2S3. The van der Waals surface area contributed by atoms with Gasteiger partial charge in [-0.2, -0.15) is 0 Å². The Labute approximate surface area is 258 Å². The predicted molar refractivity (Wildman–Crippen MR) is 174 cm³/mol. The fourth-order valence-electron chi connectivity index (χ4n) is 5.45. The van der Waals surface area contributed by atoms with Gasteiger partial charge in [-0.3, -0.25) is 19.4 Å². The van der Waals surface area contributed by atoms with Gasteiger partial charge < -0.3 is 4.90 Å². The van der Waals surface area contributed by atoms with Crippen LogP contribution in [0.2, 0.25) is 0 Å². The molecule has 2 amide bonds. The number of hydrogen-bond acceptors (Lipinski definition) is 9. The molecule has 0 aliphatic carbocycles. The van der Waals surface area contributed by atoms with Crippen LogP contribution in [0, 0.1) is 0 Å². The van der Waals surface area contributed by atoms with Gasteiger partial charge in [-0.1, -0.05) is 48.6 Å². The Kier molecular flexibility index (Phi) is 7.98. The quantitative estimate of drug-likeness (QED) is 0.0932. The molecule has 11 heteroatoms. The SMILES string of the molecule is CC/C(=C1/C(=O)N(CC)C(=S)N(Cc2ccccc2)C1=O)c1cc2sc(/N=N/c3ccc4c(c3)CCCN4C)nc2s1. The molecule has 0 spiro atoms. The van der Waals surface area contributed by atoms with E-state index in [1.165, 1.54) is 43.7 Å². The maximum atomic E-state index is 13.8. The van der Waals surface area contributed by atoms with Crippen LogP contribution < -0.4 is 4.90 Å². The second kappa shape index (κ2) is 11.8. The minimum absolute atomic E-state index is 0.177. The van der Waals surface area contributed by atoms with Crippen LogP contribution in [0.1, 0.15) is 42.7 Å². The average Bonchev–Trinajstić information content (AvgIpc) is 3.56. The van der Waals surface area contributed by atoms with E-state index in [1.807, 2.05) is 56.3 Å². The summed E-state index contributed by atoms with van der Waals surface area (Å²) in [5, 5.41) is 9.69. The number of rotatable bonds is 7. The summed E-state index contributed by atoms with van der Waals surface area (Å²) in [5.74, 6) is -0.699. The van der Waals surface area contributed by atoms with E-state index >= 15 is 0 Å². The number of aromatic nitrogens is 1. The van der Waals surface area contributed by atoms with Crippen LogP contribution in [0.4, 0.5) is 16.5 Å². The van der Waals surface area contributed by atoms with Crippen molar-refractivity contribution in [2.24, 2.45) is 10.2 Å². The minimum atomic E-state index is -0.356. The number of allylic oxidation sites excluding steroid dienone is 1. The zero-order valence-electron chi connectivity index (χ0n) is 23.7. The number of azo groups is 1. The lowest BCUT2D eigenvalue weighted by molar-refractivity contribution is -0.134. The van der Waals surface area contributed by atoms with Crippen molar-refractivity contribution in [2.75, 3.05) is 25.0 Å². The van der Waals surface area contributed by atoms with Gasteiger partial charge in [0.1, 0.15) is 10.4 Å². The number of thiocarbonyl (C=S) groups is 1. The van der Waals surface area contributed by atoms with Crippen LogP contribution in [0.25, 0.3) is 15.1 Å². The number of aryl methyl sites for hydroxylation is 1. The Hall–Kier alpha value is -3.80. The first-order valence-electron chi connectivity index (χ1n) is 14.0. The molecule has 2 aromatic heterocycles. The van der Waals surface area contributed by atoms with Gasteiger partial charge in [0.2, 0.25) is 5.13 Å². The Bertz CT molecular complexity index is 1730. The van der Waals surface area contributed by atoms with Gasteiger partial charge in [0.25, 0.3) is 11.8 Å². The van der Waals surface area contributed by atoms with Crippen molar-refractivity contribution in [3.63, 3.8) is 0 Å². The van der Waals surface area contributed by atoms with E-state index in [4.69, 9.17) is 17.2 Å². The molecule has 0 radical (unpaired) electrons. The zero-order valence-corrected chi connectivity index (χ0v) is 26.1. The number of carbonyl (C=O) groups excluding carboxylic acids is 2. The molecule has 214 valence electrons. The molecule has 2 aliphatic heterocycles. The lowest BCUT2D eigenvalue weighted by Crippen LogP contribution is -2.55. The minimum Gasteiger partial charge on any atom is -0.374 e. The van der Waals surface area contributed by atoms with Gasteiger partial charge in [-0.15, -0.1) is 21.6 Å². The molecular weight excluding hydrogens is 585 g/mol. The Balaban J connectivity index is 1.29. The number of nitrogens with zero attached hydrogens (tertiary/aromatic N) is 6. The van der Waals surface area contributed by atoms with Gasteiger partial charge in [0.05, 0.1) is 16.9 Å². The number of thiophene rings is 1. The topological polar surface area (TPSA) is 81.5 Å². The number of fused-ring (bicyclic) bond motifs is 2. The third-order valence-electron chi connectivity index (χ3n) is 7.58. The van der Waals surface area contributed by atoms with Crippen molar-refractivity contribution in [3.8, 4) is 0 Å². The first kappa shape index (κ1) is 28.3. The molecule has 0 atom stereocenters. The van der Waals surface area contributed by atoms with Crippen molar-refractivity contribution in [2.45, 2.75) is 39.7 Å². The van der Waals surface area contributed by atoms with Crippen LogP contribution >= 0.6 is 34.9 Å². The number of thiazole rings is 1. The maximum Gasteiger partial charge on any atom is 0.266 e. The summed E-state index contributed by atoms with van der Waals surface area (Å²) >= 11 is 8.51.